The molecule has 3 amide bonds. The van der Waals surface area contributed by atoms with Gasteiger partial charge < -0.3 is 15.1 Å². The van der Waals surface area contributed by atoms with Gasteiger partial charge in [0.05, 0.1) is 17.0 Å². The minimum absolute atomic E-state index is 0.0185. The summed E-state index contributed by atoms with van der Waals surface area (Å²) in [7, 11) is 0. The Bertz CT molecular complexity index is 1050. The van der Waals surface area contributed by atoms with Gasteiger partial charge in [-0.25, -0.2) is 4.39 Å². The summed E-state index contributed by atoms with van der Waals surface area (Å²) in [6, 6.07) is 11.4. The second kappa shape index (κ2) is 8.30. The third kappa shape index (κ3) is 4.14. The number of anilines is 1. The number of nitrogens with zero attached hydrogens (tertiary/aromatic N) is 2. The summed E-state index contributed by atoms with van der Waals surface area (Å²) in [5.41, 5.74) is 1.27. The molecule has 1 fully saturated rings. The van der Waals surface area contributed by atoms with Crippen molar-refractivity contribution < 1.29 is 18.8 Å². The Balaban J connectivity index is 1.58. The van der Waals surface area contributed by atoms with Gasteiger partial charge in [0.15, 0.2) is 0 Å². The van der Waals surface area contributed by atoms with Gasteiger partial charge in [0.1, 0.15) is 5.82 Å². The van der Waals surface area contributed by atoms with Crippen molar-refractivity contribution in [3.8, 4) is 0 Å². The van der Waals surface area contributed by atoms with E-state index in [2.05, 4.69) is 5.32 Å². The highest BCUT2D eigenvalue weighted by Gasteiger charge is 2.47. The van der Waals surface area contributed by atoms with Gasteiger partial charge >= 0.3 is 0 Å². The Morgan fingerprint density at radius 2 is 1.87 bits per heavy atom. The molecule has 0 unspecified atom stereocenters. The van der Waals surface area contributed by atoms with E-state index < -0.39 is 11.4 Å². The van der Waals surface area contributed by atoms with Crippen molar-refractivity contribution in [3.63, 3.8) is 0 Å². The average Bonchev–Trinajstić information content (AvgIpc) is 3.08. The van der Waals surface area contributed by atoms with E-state index in [-0.39, 0.29) is 29.2 Å². The molecule has 0 spiro atoms. The van der Waals surface area contributed by atoms with E-state index in [0.717, 1.165) is 5.56 Å². The maximum atomic E-state index is 13.4. The monoisotopic (exact) mass is 443 g/mol. The maximum Gasteiger partial charge on any atom is 0.254 e. The molecule has 0 saturated carbocycles. The zero-order chi connectivity index (χ0) is 22.2. The van der Waals surface area contributed by atoms with Crippen LogP contribution in [0.4, 0.5) is 10.1 Å². The summed E-state index contributed by atoms with van der Waals surface area (Å²) in [6.07, 6.45) is 1.08. The number of carbonyl (C=O) groups excluding carboxylic acids is 3. The molecule has 4 rings (SSSR count). The average molecular weight is 444 g/mol. The van der Waals surface area contributed by atoms with E-state index in [0.29, 0.717) is 43.7 Å². The molecule has 2 aromatic rings. The van der Waals surface area contributed by atoms with Gasteiger partial charge in [-0.2, -0.15) is 0 Å². The van der Waals surface area contributed by atoms with E-state index in [9.17, 15) is 18.8 Å². The number of likely N-dealkylation sites (tertiary alicyclic amines) is 1. The molecule has 8 heteroatoms. The summed E-state index contributed by atoms with van der Waals surface area (Å²) in [4.78, 5) is 41.5. The molecule has 31 heavy (non-hydrogen) atoms. The van der Waals surface area contributed by atoms with E-state index in [4.69, 9.17) is 11.6 Å². The molecule has 2 aliphatic rings. The Labute approximate surface area is 185 Å². The lowest BCUT2D eigenvalue weighted by Gasteiger charge is -2.47. The Hall–Kier alpha value is -2.93. The Kier molecular flexibility index (Phi) is 5.71. The summed E-state index contributed by atoms with van der Waals surface area (Å²) in [6.45, 7) is 2.91. The lowest BCUT2D eigenvalue weighted by atomic mass is 9.82. The molecular formula is C23H23ClFN3O3. The number of piperidine rings is 1. The Morgan fingerprint density at radius 1 is 1.16 bits per heavy atom. The normalized spacial score (nSPS) is 17.5. The SMILES string of the molecule is CC(=O)N1CCC(CC(=O)Nc2ccc(F)c(Cl)c2)(N2Cc3ccccc3C2=O)CC1. The predicted octanol–water partition coefficient (Wildman–Crippen LogP) is 3.84. The van der Waals surface area contributed by atoms with Crippen molar-refractivity contribution in [1.82, 2.24) is 9.80 Å². The highest BCUT2D eigenvalue weighted by Crippen LogP contribution is 2.39. The van der Waals surface area contributed by atoms with Gasteiger partial charge in [0, 0.05) is 37.8 Å². The number of hydrogen-bond donors (Lipinski definition) is 1. The van der Waals surface area contributed by atoms with Gasteiger partial charge in [-0.05, 0) is 42.7 Å². The minimum Gasteiger partial charge on any atom is -0.343 e. The van der Waals surface area contributed by atoms with Crippen molar-refractivity contribution in [2.75, 3.05) is 18.4 Å². The van der Waals surface area contributed by atoms with Gasteiger partial charge in [-0.15, -0.1) is 0 Å². The number of nitrogens with one attached hydrogen (secondary N) is 1. The number of hydrogen-bond acceptors (Lipinski definition) is 3. The van der Waals surface area contributed by atoms with Gasteiger partial charge in [0.25, 0.3) is 5.91 Å². The Morgan fingerprint density at radius 3 is 2.52 bits per heavy atom. The highest BCUT2D eigenvalue weighted by molar-refractivity contribution is 6.31. The lowest BCUT2D eigenvalue weighted by molar-refractivity contribution is -0.131. The third-order valence-electron chi connectivity index (χ3n) is 6.23. The van der Waals surface area contributed by atoms with Crippen LogP contribution in [-0.2, 0) is 16.1 Å². The fourth-order valence-electron chi connectivity index (χ4n) is 4.50. The van der Waals surface area contributed by atoms with Gasteiger partial charge in [-0.3, -0.25) is 14.4 Å². The number of halogens is 2. The quantitative estimate of drug-likeness (QED) is 0.780. The molecule has 1 N–H and O–H groups in total. The molecule has 2 heterocycles. The molecule has 6 nitrogen and oxygen atoms in total. The fraction of sp³-hybridized carbons (Fsp3) is 0.348. The number of carbonyl (C=O) groups is 3. The molecule has 1 saturated heterocycles. The first-order valence-corrected chi connectivity index (χ1v) is 10.6. The third-order valence-corrected chi connectivity index (χ3v) is 6.52. The van der Waals surface area contributed by atoms with Crippen LogP contribution in [0.15, 0.2) is 42.5 Å². The van der Waals surface area contributed by atoms with Crippen LogP contribution < -0.4 is 5.32 Å². The van der Waals surface area contributed by atoms with Gasteiger partial charge in [-0.1, -0.05) is 29.8 Å². The summed E-state index contributed by atoms with van der Waals surface area (Å²) < 4.78 is 13.4. The minimum atomic E-state index is -0.712. The molecule has 2 aliphatic heterocycles. The van der Waals surface area contributed by atoms with Crippen molar-refractivity contribution in [3.05, 3.63) is 64.4 Å². The molecule has 0 atom stereocenters. The van der Waals surface area contributed by atoms with Crippen molar-refractivity contribution in [1.29, 1.82) is 0 Å². The fourth-order valence-corrected chi connectivity index (χ4v) is 4.68. The van der Waals surface area contributed by atoms with E-state index >= 15 is 0 Å². The summed E-state index contributed by atoms with van der Waals surface area (Å²) in [5, 5.41) is 2.69. The molecule has 2 aromatic carbocycles. The predicted molar refractivity (Wildman–Crippen MR) is 115 cm³/mol. The van der Waals surface area contributed by atoms with Crippen molar-refractivity contribution in [2.24, 2.45) is 0 Å². The van der Waals surface area contributed by atoms with Crippen LogP contribution in [-0.4, -0.2) is 46.1 Å². The molecular weight excluding hydrogens is 421 g/mol. The largest absolute Gasteiger partial charge is 0.343 e. The standard InChI is InChI=1S/C23H23ClFN3O3/c1-15(29)27-10-8-23(9-11-27,28-14-16-4-2-3-5-18(16)22(28)31)13-21(30)26-17-6-7-20(25)19(24)12-17/h2-7,12H,8-11,13-14H2,1H3,(H,26,30). The highest BCUT2D eigenvalue weighted by atomic mass is 35.5. The van der Waals surface area contributed by atoms with E-state index in [1.807, 2.05) is 18.2 Å². The van der Waals surface area contributed by atoms with Crippen LogP contribution in [0, 0.1) is 5.82 Å². The van der Waals surface area contributed by atoms with Gasteiger partial charge in [0.2, 0.25) is 11.8 Å². The summed E-state index contributed by atoms with van der Waals surface area (Å²) in [5.74, 6) is -0.963. The second-order valence-corrected chi connectivity index (χ2v) is 8.54. The first kappa shape index (κ1) is 21.3. The zero-order valence-corrected chi connectivity index (χ0v) is 17.9. The maximum absolute atomic E-state index is 13.4. The zero-order valence-electron chi connectivity index (χ0n) is 17.2. The van der Waals surface area contributed by atoms with Crippen LogP contribution in [0.2, 0.25) is 5.02 Å². The smallest absolute Gasteiger partial charge is 0.254 e. The van der Waals surface area contributed by atoms with Crippen LogP contribution >= 0.6 is 11.6 Å². The molecule has 0 bridgehead atoms. The lowest BCUT2D eigenvalue weighted by Crippen LogP contribution is -2.57. The van der Waals surface area contributed by atoms with Crippen molar-refractivity contribution in [2.45, 2.75) is 38.3 Å². The molecule has 0 aliphatic carbocycles. The van der Waals surface area contributed by atoms with E-state index in [1.165, 1.54) is 25.1 Å². The van der Waals surface area contributed by atoms with Crippen LogP contribution in [0.5, 0.6) is 0 Å². The first-order valence-electron chi connectivity index (χ1n) is 10.2. The number of rotatable bonds is 4. The van der Waals surface area contributed by atoms with Crippen LogP contribution in [0.1, 0.15) is 42.1 Å². The number of amides is 3. The molecule has 162 valence electrons. The second-order valence-electron chi connectivity index (χ2n) is 8.13. The molecule has 0 aromatic heterocycles. The topological polar surface area (TPSA) is 69.7 Å². The van der Waals surface area contributed by atoms with Crippen LogP contribution in [0.25, 0.3) is 0 Å². The van der Waals surface area contributed by atoms with E-state index in [1.54, 1.807) is 15.9 Å². The number of fused-ring (bicyclic) bond motifs is 1. The molecule has 0 radical (unpaired) electrons. The van der Waals surface area contributed by atoms with Crippen molar-refractivity contribution >= 4 is 35.0 Å². The van der Waals surface area contributed by atoms with Crippen LogP contribution in [0.3, 0.4) is 0 Å². The number of benzene rings is 2. The summed E-state index contributed by atoms with van der Waals surface area (Å²) >= 11 is 5.82. The first-order chi connectivity index (χ1) is 14.8.